The molecule has 0 saturated heterocycles. The van der Waals surface area contributed by atoms with Crippen molar-refractivity contribution in [2.45, 2.75) is 33.9 Å². The van der Waals surface area contributed by atoms with Gasteiger partial charge in [0, 0.05) is 16.5 Å². The third kappa shape index (κ3) is 9.36. The lowest BCUT2D eigenvalue weighted by atomic mass is 9.71. The maximum Gasteiger partial charge on any atom is 0.298 e. The zero-order valence-corrected chi connectivity index (χ0v) is 32.8. The molecule has 294 valence electrons. The molecule has 0 aromatic heterocycles. The van der Waals surface area contributed by atoms with E-state index in [0.717, 1.165) is 28.8 Å². The van der Waals surface area contributed by atoms with E-state index in [1.807, 2.05) is 55.5 Å². The predicted molar refractivity (Wildman–Crippen MR) is 209 cm³/mol. The molecule has 0 saturated carbocycles. The van der Waals surface area contributed by atoms with Gasteiger partial charge in [-0.2, -0.15) is 16.8 Å². The van der Waals surface area contributed by atoms with Crippen molar-refractivity contribution in [1.82, 2.24) is 0 Å². The van der Waals surface area contributed by atoms with E-state index in [1.54, 1.807) is 44.4 Å². The van der Waals surface area contributed by atoms with Crippen LogP contribution in [0.5, 0.6) is 28.7 Å². The van der Waals surface area contributed by atoms with Crippen LogP contribution in [-0.2, 0) is 35.0 Å². The fraction of sp³-hybridized carbons (Fsp3) is 0.0976. The van der Waals surface area contributed by atoms with Crippen molar-refractivity contribution < 1.29 is 59.6 Å². The molecule has 0 fully saturated rings. The molecular weight excluding hydrogens is 797 g/mol. The average Bonchev–Trinajstić information content (AvgIpc) is 3.20. The van der Waals surface area contributed by atoms with Crippen LogP contribution in [0, 0.1) is 6.92 Å². The van der Waals surface area contributed by atoms with Crippen LogP contribution in [0.25, 0.3) is 0 Å². The summed E-state index contributed by atoms with van der Waals surface area (Å²) in [5, 5.41) is 12.6. The molecule has 0 aliphatic rings. The van der Waals surface area contributed by atoms with Gasteiger partial charge in [-0.15, -0.1) is 4.33 Å². The minimum Gasteiger partial charge on any atom is -0.497 e. The molecule has 3 N–H and O–H groups in total. The van der Waals surface area contributed by atoms with Crippen molar-refractivity contribution in [3.05, 3.63) is 167 Å². The Morgan fingerprint density at radius 1 is 0.632 bits per heavy atom. The van der Waals surface area contributed by atoms with Gasteiger partial charge in [-0.25, -0.2) is 5.26 Å². The van der Waals surface area contributed by atoms with Gasteiger partial charge in [0.2, 0.25) is 0 Å². The van der Waals surface area contributed by atoms with Gasteiger partial charge in [-0.1, -0.05) is 59.6 Å². The number of hydrogen-bond donors (Lipinski definition) is 3. The maximum atomic E-state index is 13.3. The van der Waals surface area contributed by atoms with Gasteiger partial charge in [-0.3, -0.25) is 13.9 Å². The van der Waals surface area contributed by atoms with Gasteiger partial charge in [0.15, 0.2) is 5.78 Å². The van der Waals surface area contributed by atoms with Gasteiger partial charge in [-0.05, 0) is 115 Å². The number of ether oxygens (including phenoxy) is 3. The molecule has 6 aromatic carbocycles. The normalized spacial score (nSPS) is 12.7. The molecule has 13 nitrogen and oxygen atoms in total. The van der Waals surface area contributed by atoms with Crippen LogP contribution in [0.4, 0.5) is 0 Å². The molecule has 0 amide bonds. The highest BCUT2D eigenvalue weighted by Crippen LogP contribution is 2.42. The van der Waals surface area contributed by atoms with E-state index in [4.69, 9.17) is 19.5 Å². The van der Waals surface area contributed by atoms with Crippen molar-refractivity contribution in [3.63, 3.8) is 0 Å². The van der Waals surface area contributed by atoms with Crippen molar-refractivity contribution in [1.29, 1.82) is 0 Å². The zero-order chi connectivity index (χ0) is 41.0. The Kier molecular flexibility index (Phi) is 12.2. The summed E-state index contributed by atoms with van der Waals surface area (Å²) in [5.41, 5.74) is 2.64. The number of rotatable bonds is 15. The number of hydrogen-bond acceptors (Lipinski definition) is 12. The molecule has 0 bridgehead atoms. The van der Waals surface area contributed by atoms with Gasteiger partial charge in [0.25, 0.3) is 20.2 Å². The molecule has 1 unspecified atom stereocenters. The number of carbonyl (C=O) groups is 1. The first-order valence-corrected chi connectivity index (χ1v) is 20.4. The molecule has 0 heterocycles. The summed E-state index contributed by atoms with van der Waals surface area (Å²) in [6, 6.07) is 35.8. The Hall–Kier alpha value is -5.56. The second kappa shape index (κ2) is 16.9. The Balaban J connectivity index is 1.30. The van der Waals surface area contributed by atoms with E-state index in [9.17, 15) is 30.7 Å². The summed E-state index contributed by atoms with van der Waals surface area (Å²) >= 11 is 0.561. The molecule has 6 rings (SSSR count). The molecule has 57 heavy (non-hydrogen) atoms. The second-order valence-electron chi connectivity index (χ2n) is 12.8. The minimum absolute atomic E-state index is 0.00397. The second-order valence-corrected chi connectivity index (χ2v) is 16.3. The van der Waals surface area contributed by atoms with Crippen LogP contribution < -0.4 is 14.2 Å². The van der Waals surface area contributed by atoms with Crippen molar-refractivity contribution in [2.75, 3.05) is 7.11 Å². The summed E-state index contributed by atoms with van der Waals surface area (Å²) in [7, 11) is -7.51. The largest absolute Gasteiger partial charge is 0.497 e. The van der Waals surface area contributed by atoms with Gasteiger partial charge in [0.1, 0.15) is 33.6 Å². The molecule has 6 aromatic rings. The Labute approximate surface area is 333 Å². The fourth-order valence-corrected chi connectivity index (χ4v) is 7.80. The monoisotopic (exact) mass is 830 g/mol. The smallest absolute Gasteiger partial charge is 0.298 e. The highest BCUT2D eigenvalue weighted by Gasteiger charge is 2.32. The third-order valence-electron chi connectivity index (χ3n) is 9.12. The van der Waals surface area contributed by atoms with Crippen LogP contribution in [-0.4, -0.2) is 44.1 Å². The number of aryl methyl sites for hydroxylation is 1. The molecule has 0 aliphatic carbocycles. The maximum absolute atomic E-state index is 13.3. The number of benzene rings is 6. The highest BCUT2D eigenvalue weighted by molar-refractivity contribution is 7.94. The van der Waals surface area contributed by atoms with Crippen molar-refractivity contribution >= 4 is 38.1 Å². The van der Waals surface area contributed by atoms with Crippen molar-refractivity contribution in [3.8, 4) is 28.7 Å². The summed E-state index contributed by atoms with van der Waals surface area (Å²) < 4.78 is 88.7. The van der Waals surface area contributed by atoms with Crippen LogP contribution in [0.3, 0.4) is 0 Å². The Morgan fingerprint density at radius 2 is 1.16 bits per heavy atom. The lowest BCUT2D eigenvalue weighted by Gasteiger charge is -2.32. The predicted octanol–water partition coefficient (Wildman–Crippen LogP) is 9.10. The Bertz CT molecular complexity index is 2630. The molecule has 0 radical (unpaired) electrons. The molecule has 0 aliphatic heterocycles. The molecule has 1 atom stereocenters. The highest BCUT2D eigenvalue weighted by atomic mass is 32.2. The quantitative estimate of drug-likeness (QED) is 0.0222. The van der Waals surface area contributed by atoms with Gasteiger partial charge >= 0.3 is 0 Å². The minimum atomic E-state index is -4.54. The van der Waals surface area contributed by atoms with E-state index < -0.39 is 36.3 Å². The van der Waals surface area contributed by atoms with E-state index >= 15 is 0 Å². The van der Waals surface area contributed by atoms with E-state index in [-0.39, 0.29) is 32.4 Å². The van der Waals surface area contributed by atoms with Crippen LogP contribution in [0.1, 0.15) is 45.1 Å². The third-order valence-corrected chi connectivity index (χ3v) is 11.5. The lowest BCUT2D eigenvalue weighted by Crippen LogP contribution is -2.25. The van der Waals surface area contributed by atoms with Crippen molar-refractivity contribution in [2.24, 2.45) is 0 Å². The standard InChI is InChI=1S/C41H34O13S3/c1-26-7-21-37(39(23-26)57(47,48)49)52-34-19-13-31(14-20-34)41(2,29-9-15-32(50-3)16-10-29)30-11-17-33(18-12-30)51-36-22-8-28(25-38(36)55-54-53-43)40(42)27-5-4-6-35(24-27)56(44,45)46/h4-25,43H,1-3H3,(H,44,45,46)(H,47,48,49). The number of methoxy groups -OCH3 is 1. The van der Waals surface area contributed by atoms with E-state index in [2.05, 4.69) is 9.37 Å². The number of ketones is 1. The van der Waals surface area contributed by atoms with Crippen LogP contribution in [0.15, 0.2) is 148 Å². The first-order valence-electron chi connectivity index (χ1n) is 16.8. The topological polar surface area (TPSA) is 192 Å². The average molecular weight is 831 g/mol. The van der Waals surface area contributed by atoms with Crippen LogP contribution >= 0.6 is 12.0 Å². The van der Waals surface area contributed by atoms with Gasteiger partial charge in [0.05, 0.1) is 28.9 Å². The van der Waals surface area contributed by atoms with E-state index in [1.165, 1.54) is 42.5 Å². The lowest BCUT2D eigenvalue weighted by molar-refractivity contribution is -0.432. The van der Waals surface area contributed by atoms with Gasteiger partial charge < -0.3 is 14.2 Å². The SMILES string of the molecule is COc1ccc(C(C)(c2ccc(Oc3ccc(C(=O)c4cccc(S(=O)(=O)O)c4)cc3SOOO)cc2)c2ccc(Oc3ccc(C)cc3S(=O)(=O)O)cc2)cc1. The molecule has 16 heteroatoms. The summed E-state index contributed by atoms with van der Waals surface area (Å²) in [4.78, 5) is 12.7. The van der Waals surface area contributed by atoms with Crippen LogP contribution in [0.2, 0.25) is 0 Å². The molecule has 0 spiro atoms. The summed E-state index contributed by atoms with van der Waals surface area (Å²) in [6.07, 6.45) is 0. The first kappa shape index (κ1) is 41.1. The Morgan fingerprint density at radius 3 is 1.68 bits per heavy atom. The zero-order valence-electron chi connectivity index (χ0n) is 30.4. The van der Waals surface area contributed by atoms with E-state index in [0.29, 0.717) is 34.9 Å². The number of carbonyl (C=O) groups excluding carboxylic acids is 1. The first-order chi connectivity index (χ1) is 27.1. The summed E-state index contributed by atoms with van der Waals surface area (Å²) in [5.74, 6) is 1.07. The molecular formula is C41H34O13S3. The fourth-order valence-electron chi connectivity index (χ4n) is 6.11. The summed E-state index contributed by atoms with van der Waals surface area (Å²) in [6.45, 7) is 3.74.